The van der Waals surface area contributed by atoms with Crippen LogP contribution >= 0.6 is 11.6 Å². The summed E-state index contributed by atoms with van der Waals surface area (Å²) in [4.78, 5) is 0. The van der Waals surface area contributed by atoms with E-state index in [1.54, 1.807) is 12.1 Å². The first-order chi connectivity index (χ1) is 5.16. The molecule has 0 radical (unpaired) electrons. The van der Waals surface area contributed by atoms with Crippen molar-refractivity contribution in [2.75, 3.05) is 5.73 Å². The molecule has 0 fully saturated rings. The summed E-state index contributed by atoms with van der Waals surface area (Å²) >= 11 is 5.78. The second-order valence-electron chi connectivity index (χ2n) is 2.40. The summed E-state index contributed by atoms with van der Waals surface area (Å²) in [6.07, 6.45) is 0. The van der Waals surface area contributed by atoms with Crippen LogP contribution in [0.25, 0.3) is 0 Å². The van der Waals surface area contributed by atoms with Crippen LogP contribution in [0.2, 0.25) is 5.02 Å². The summed E-state index contributed by atoms with van der Waals surface area (Å²) < 4.78 is 0. The van der Waals surface area contributed by atoms with E-state index in [1.807, 2.05) is 6.92 Å². The molecule has 2 nitrogen and oxygen atoms in total. The Morgan fingerprint density at radius 3 is 2.73 bits per heavy atom. The fourth-order valence-corrected chi connectivity index (χ4v) is 1.06. The van der Waals surface area contributed by atoms with Crippen LogP contribution in [0.5, 0.6) is 0 Å². The third kappa shape index (κ3) is 1.47. The van der Waals surface area contributed by atoms with Crippen molar-refractivity contribution in [1.29, 1.82) is 0 Å². The number of nitrogens with two attached hydrogens (primary N) is 1. The number of anilines is 1. The van der Waals surface area contributed by atoms with Gasteiger partial charge in [0.25, 0.3) is 0 Å². The fourth-order valence-electron chi connectivity index (χ4n) is 0.896. The standard InChI is InChI=1S/C8H10ClNO/c1-5-7(9)3-2-6(4-11)8(5)10/h2-3,11H,4,10H2,1H3. The van der Waals surface area contributed by atoms with Crippen LogP contribution in [0.15, 0.2) is 12.1 Å². The molecular formula is C8H10ClNO. The van der Waals surface area contributed by atoms with E-state index >= 15 is 0 Å². The van der Waals surface area contributed by atoms with E-state index in [9.17, 15) is 0 Å². The van der Waals surface area contributed by atoms with Gasteiger partial charge in [-0.3, -0.25) is 0 Å². The molecule has 1 rings (SSSR count). The van der Waals surface area contributed by atoms with Crippen molar-refractivity contribution in [3.63, 3.8) is 0 Å². The lowest BCUT2D eigenvalue weighted by atomic mass is 10.1. The van der Waals surface area contributed by atoms with E-state index in [1.165, 1.54) is 0 Å². The first kappa shape index (κ1) is 8.37. The van der Waals surface area contributed by atoms with E-state index in [-0.39, 0.29) is 6.61 Å². The van der Waals surface area contributed by atoms with Gasteiger partial charge in [-0.2, -0.15) is 0 Å². The van der Waals surface area contributed by atoms with Crippen LogP contribution in [0.4, 0.5) is 5.69 Å². The van der Waals surface area contributed by atoms with Crippen molar-refractivity contribution in [1.82, 2.24) is 0 Å². The third-order valence-corrected chi connectivity index (χ3v) is 2.12. The van der Waals surface area contributed by atoms with Gasteiger partial charge in [0.2, 0.25) is 0 Å². The highest BCUT2D eigenvalue weighted by atomic mass is 35.5. The fraction of sp³-hybridized carbons (Fsp3) is 0.250. The molecule has 0 saturated heterocycles. The zero-order valence-corrected chi connectivity index (χ0v) is 7.02. The van der Waals surface area contributed by atoms with Crippen LogP contribution in [-0.4, -0.2) is 5.11 Å². The Hall–Kier alpha value is -0.730. The van der Waals surface area contributed by atoms with Gasteiger partial charge in [0.15, 0.2) is 0 Å². The van der Waals surface area contributed by atoms with Gasteiger partial charge in [0, 0.05) is 16.3 Å². The van der Waals surface area contributed by atoms with Crippen LogP contribution in [-0.2, 0) is 6.61 Å². The molecule has 0 aliphatic heterocycles. The molecule has 0 amide bonds. The van der Waals surface area contributed by atoms with Crippen molar-refractivity contribution in [2.45, 2.75) is 13.5 Å². The lowest BCUT2D eigenvalue weighted by molar-refractivity contribution is 0.282. The van der Waals surface area contributed by atoms with Gasteiger partial charge in [0.05, 0.1) is 6.61 Å². The van der Waals surface area contributed by atoms with Crippen LogP contribution in [0, 0.1) is 6.92 Å². The molecule has 3 N–H and O–H groups in total. The van der Waals surface area contributed by atoms with Crippen LogP contribution < -0.4 is 5.73 Å². The molecule has 3 heteroatoms. The number of benzene rings is 1. The maximum atomic E-state index is 8.81. The smallest absolute Gasteiger partial charge is 0.0702 e. The van der Waals surface area contributed by atoms with E-state index in [0.717, 1.165) is 11.1 Å². The molecule has 60 valence electrons. The normalized spacial score (nSPS) is 10.1. The maximum Gasteiger partial charge on any atom is 0.0702 e. The Kier molecular flexibility index (Phi) is 2.37. The average Bonchev–Trinajstić information content (AvgIpc) is 2.01. The Morgan fingerprint density at radius 2 is 2.18 bits per heavy atom. The zero-order valence-electron chi connectivity index (χ0n) is 6.26. The minimum atomic E-state index is -0.0379. The van der Waals surface area contributed by atoms with Gasteiger partial charge in [-0.1, -0.05) is 17.7 Å². The quantitative estimate of drug-likeness (QED) is 0.633. The van der Waals surface area contributed by atoms with E-state index in [2.05, 4.69) is 0 Å². The second-order valence-corrected chi connectivity index (χ2v) is 2.81. The van der Waals surface area contributed by atoms with Crippen molar-refractivity contribution in [2.24, 2.45) is 0 Å². The number of halogens is 1. The predicted octanol–water partition coefficient (Wildman–Crippen LogP) is 1.72. The zero-order chi connectivity index (χ0) is 8.43. The molecule has 0 bridgehead atoms. The first-order valence-electron chi connectivity index (χ1n) is 3.31. The summed E-state index contributed by atoms with van der Waals surface area (Å²) in [5, 5.41) is 9.45. The van der Waals surface area contributed by atoms with Gasteiger partial charge in [0.1, 0.15) is 0 Å². The first-order valence-corrected chi connectivity index (χ1v) is 3.69. The maximum absolute atomic E-state index is 8.81. The van der Waals surface area contributed by atoms with Gasteiger partial charge in [-0.25, -0.2) is 0 Å². The minimum absolute atomic E-state index is 0.0379. The second kappa shape index (κ2) is 3.11. The average molecular weight is 172 g/mol. The van der Waals surface area contributed by atoms with Gasteiger partial charge in [-0.05, 0) is 18.6 Å². The number of aliphatic hydroxyl groups excluding tert-OH is 1. The third-order valence-electron chi connectivity index (χ3n) is 1.71. The van der Waals surface area contributed by atoms with E-state index < -0.39 is 0 Å². The molecule has 11 heavy (non-hydrogen) atoms. The van der Waals surface area contributed by atoms with Crippen LogP contribution in [0.1, 0.15) is 11.1 Å². The van der Waals surface area contributed by atoms with Crippen molar-refractivity contribution in [3.8, 4) is 0 Å². The number of rotatable bonds is 1. The largest absolute Gasteiger partial charge is 0.398 e. The lowest BCUT2D eigenvalue weighted by Gasteiger charge is -2.06. The Balaban J connectivity index is 3.25. The highest BCUT2D eigenvalue weighted by molar-refractivity contribution is 6.31. The molecule has 0 aliphatic carbocycles. The molecule has 1 aromatic carbocycles. The topological polar surface area (TPSA) is 46.2 Å². The molecule has 0 saturated carbocycles. The summed E-state index contributed by atoms with van der Waals surface area (Å²) in [5.74, 6) is 0. The Morgan fingerprint density at radius 1 is 1.55 bits per heavy atom. The Labute approximate surface area is 70.6 Å². The van der Waals surface area contributed by atoms with Gasteiger partial charge >= 0.3 is 0 Å². The minimum Gasteiger partial charge on any atom is -0.398 e. The molecule has 1 aromatic rings. The van der Waals surface area contributed by atoms with Gasteiger partial charge in [-0.15, -0.1) is 0 Å². The molecule has 0 aliphatic rings. The summed E-state index contributed by atoms with van der Waals surface area (Å²) in [6, 6.07) is 3.46. The molecule has 0 atom stereocenters. The number of nitrogen functional groups attached to an aromatic ring is 1. The molecule has 0 aromatic heterocycles. The van der Waals surface area contributed by atoms with E-state index in [0.29, 0.717) is 10.7 Å². The van der Waals surface area contributed by atoms with Crippen molar-refractivity contribution >= 4 is 17.3 Å². The number of hydrogen-bond acceptors (Lipinski definition) is 2. The molecule has 0 heterocycles. The predicted molar refractivity (Wildman–Crippen MR) is 46.5 cm³/mol. The summed E-state index contributed by atoms with van der Waals surface area (Å²) in [6.45, 7) is 1.79. The molecule has 0 unspecified atom stereocenters. The summed E-state index contributed by atoms with van der Waals surface area (Å²) in [5.41, 5.74) is 7.79. The highest BCUT2D eigenvalue weighted by Gasteiger charge is 2.03. The molecule has 0 spiro atoms. The van der Waals surface area contributed by atoms with Crippen molar-refractivity contribution < 1.29 is 5.11 Å². The highest BCUT2D eigenvalue weighted by Crippen LogP contribution is 2.24. The monoisotopic (exact) mass is 171 g/mol. The molecular weight excluding hydrogens is 162 g/mol. The van der Waals surface area contributed by atoms with Crippen LogP contribution in [0.3, 0.4) is 0 Å². The summed E-state index contributed by atoms with van der Waals surface area (Å²) in [7, 11) is 0. The van der Waals surface area contributed by atoms with E-state index in [4.69, 9.17) is 22.4 Å². The number of aliphatic hydroxyl groups is 1. The van der Waals surface area contributed by atoms with Gasteiger partial charge < -0.3 is 10.8 Å². The lowest BCUT2D eigenvalue weighted by Crippen LogP contribution is -1.97. The SMILES string of the molecule is Cc1c(Cl)ccc(CO)c1N. The number of hydrogen-bond donors (Lipinski definition) is 2. The Bertz CT molecular complexity index is 273. The van der Waals surface area contributed by atoms with Crippen molar-refractivity contribution in [3.05, 3.63) is 28.3 Å².